The van der Waals surface area contributed by atoms with Crippen LogP contribution >= 0.6 is 0 Å². The van der Waals surface area contributed by atoms with Crippen LogP contribution < -0.4 is 0 Å². The summed E-state index contributed by atoms with van der Waals surface area (Å²) in [6.45, 7) is 0.507. The Bertz CT molecular complexity index is 599. The van der Waals surface area contributed by atoms with Gasteiger partial charge in [0.25, 0.3) is 0 Å². The highest BCUT2D eigenvalue weighted by Gasteiger charge is 2.32. The Kier molecular flexibility index (Phi) is 6.16. The van der Waals surface area contributed by atoms with Gasteiger partial charge in [0.2, 0.25) is 11.8 Å². The van der Waals surface area contributed by atoms with Gasteiger partial charge < -0.3 is 9.42 Å². The highest BCUT2D eigenvalue weighted by molar-refractivity contribution is 5.76. The lowest BCUT2D eigenvalue weighted by Crippen LogP contribution is -2.38. The quantitative estimate of drug-likeness (QED) is 0.793. The predicted octanol–water partition coefficient (Wildman–Crippen LogP) is 2.76. The van der Waals surface area contributed by atoms with Crippen LogP contribution in [0.15, 0.2) is 4.52 Å². The van der Waals surface area contributed by atoms with E-state index in [9.17, 15) is 18.0 Å². The van der Waals surface area contributed by atoms with Gasteiger partial charge in [0, 0.05) is 44.9 Å². The molecule has 1 saturated heterocycles. The van der Waals surface area contributed by atoms with Crippen molar-refractivity contribution in [3.63, 3.8) is 0 Å². The number of carbonyl (C=O) groups is 1. The number of aryl methyl sites for hydroxylation is 1. The largest absolute Gasteiger partial charge is 0.401 e. The predicted molar refractivity (Wildman–Crippen MR) is 87.5 cm³/mol. The Balaban J connectivity index is 1.44. The molecule has 0 aromatic carbocycles. The Morgan fingerprint density at radius 2 is 1.88 bits per heavy atom. The van der Waals surface area contributed by atoms with Crippen LogP contribution in [0.2, 0.25) is 0 Å². The second-order valence-electron chi connectivity index (χ2n) is 7.15. The maximum absolute atomic E-state index is 12.5. The molecule has 1 saturated carbocycles. The summed E-state index contributed by atoms with van der Waals surface area (Å²) in [5.74, 6) is 1.50. The van der Waals surface area contributed by atoms with Crippen molar-refractivity contribution in [3.8, 4) is 0 Å². The van der Waals surface area contributed by atoms with Crippen molar-refractivity contribution >= 4 is 5.91 Å². The molecule has 26 heavy (non-hydrogen) atoms. The summed E-state index contributed by atoms with van der Waals surface area (Å²) in [6.07, 6.45) is 1.51. The van der Waals surface area contributed by atoms with Crippen LogP contribution in [-0.4, -0.2) is 64.7 Å². The molecule has 1 amide bonds. The number of hydrogen-bond donors (Lipinski definition) is 0. The van der Waals surface area contributed by atoms with Crippen LogP contribution in [-0.2, 0) is 11.2 Å². The summed E-state index contributed by atoms with van der Waals surface area (Å²) < 4.78 is 42.8. The molecule has 0 atom stereocenters. The molecular weight excluding hydrogens is 349 g/mol. The van der Waals surface area contributed by atoms with Gasteiger partial charge in [-0.05, 0) is 19.3 Å². The number of rotatable bonds is 5. The minimum Gasteiger partial charge on any atom is -0.341 e. The van der Waals surface area contributed by atoms with Crippen molar-refractivity contribution in [2.24, 2.45) is 0 Å². The SMILES string of the molecule is O=C(CCc1nc(C2CCCC2)no1)N1CCCN(CC(F)(F)F)CC1. The van der Waals surface area contributed by atoms with E-state index in [1.165, 1.54) is 17.7 Å². The third kappa shape index (κ3) is 5.43. The van der Waals surface area contributed by atoms with Gasteiger partial charge >= 0.3 is 6.18 Å². The number of nitrogens with zero attached hydrogens (tertiary/aromatic N) is 4. The molecule has 2 fully saturated rings. The lowest BCUT2D eigenvalue weighted by atomic mass is 10.1. The summed E-state index contributed by atoms with van der Waals surface area (Å²) in [6, 6.07) is 0. The molecule has 3 rings (SSSR count). The molecule has 0 unspecified atom stereocenters. The minimum absolute atomic E-state index is 0.0699. The van der Waals surface area contributed by atoms with Crippen molar-refractivity contribution in [1.82, 2.24) is 19.9 Å². The molecule has 1 aliphatic heterocycles. The molecule has 1 aliphatic carbocycles. The van der Waals surface area contributed by atoms with Gasteiger partial charge in [-0.1, -0.05) is 18.0 Å². The number of aromatic nitrogens is 2. The van der Waals surface area contributed by atoms with Crippen molar-refractivity contribution in [2.45, 2.75) is 57.0 Å². The molecule has 2 aliphatic rings. The summed E-state index contributed by atoms with van der Waals surface area (Å²) in [5.41, 5.74) is 0. The van der Waals surface area contributed by atoms with E-state index in [2.05, 4.69) is 10.1 Å². The molecular formula is C17H25F3N4O2. The van der Waals surface area contributed by atoms with Gasteiger partial charge in [-0.2, -0.15) is 18.2 Å². The lowest BCUT2D eigenvalue weighted by molar-refractivity contribution is -0.145. The smallest absolute Gasteiger partial charge is 0.341 e. The maximum Gasteiger partial charge on any atom is 0.401 e. The third-order valence-electron chi connectivity index (χ3n) is 5.10. The summed E-state index contributed by atoms with van der Waals surface area (Å²) in [7, 11) is 0. The first-order valence-electron chi connectivity index (χ1n) is 9.30. The van der Waals surface area contributed by atoms with Crippen LogP contribution in [0.25, 0.3) is 0 Å². The Morgan fingerprint density at radius 3 is 2.62 bits per heavy atom. The van der Waals surface area contributed by atoms with E-state index in [1.54, 1.807) is 4.90 Å². The summed E-state index contributed by atoms with van der Waals surface area (Å²) in [4.78, 5) is 19.8. The first-order chi connectivity index (χ1) is 12.4. The van der Waals surface area contributed by atoms with Crippen LogP contribution in [0.1, 0.15) is 56.2 Å². The van der Waals surface area contributed by atoms with Crippen LogP contribution in [0.5, 0.6) is 0 Å². The molecule has 0 bridgehead atoms. The topological polar surface area (TPSA) is 62.5 Å². The first-order valence-corrected chi connectivity index (χ1v) is 9.30. The van der Waals surface area contributed by atoms with E-state index in [0.29, 0.717) is 44.3 Å². The van der Waals surface area contributed by atoms with E-state index in [1.807, 2.05) is 0 Å². The highest BCUT2D eigenvalue weighted by atomic mass is 19.4. The number of carbonyl (C=O) groups excluding carboxylic acids is 1. The maximum atomic E-state index is 12.5. The Morgan fingerprint density at radius 1 is 1.12 bits per heavy atom. The molecule has 1 aromatic heterocycles. The molecule has 0 N–H and O–H groups in total. The standard InChI is InChI=1S/C17H25F3N4O2/c18-17(19,20)12-23-8-3-9-24(11-10-23)15(25)7-6-14-21-16(22-26-14)13-4-1-2-5-13/h13H,1-12H2. The first kappa shape index (κ1) is 19.1. The number of halogens is 3. The van der Waals surface area contributed by atoms with Gasteiger partial charge in [0.15, 0.2) is 5.82 Å². The average molecular weight is 374 g/mol. The fourth-order valence-electron chi connectivity index (χ4n) is 3.72. The van der Waals surface area contributed by atoms with E-state index >= 15 is 0 Å². The minimum atomic E-state index is -4.20. The zero-order valence-corrected chi connectivity index (χ0v) is 14.8. The molecule has 0 spiro atoms. The van der Waals surface area contributed by atoms with E-state index in [4.69, 9.17) is 4.52 Å². The molecule has 1 aromatic rings. The molecule has 146 valence electrons. The van der Waals surface area contributed by atoms with Crippen molar-refractivity contribution in [2.75, 3.05) is 32.7 Å². The van der Waals surface area contributed by atoms with Crippen molar-refractivity contribution < 1.29 is 22.5 Å². The molecule has 9 heteroatoms. The fourth-order valence-corrected chi connectivity index (χ4v) is 3.72. The second-order valence-corrected chi connectivity index (χ2v) is 7.15. The van der Waals surface area contributed by atoms with E-state index in [-0.39, 0.29) is 18.9 Å². The highest BCUT2D eigenvalue weighted by Crippen LogP contribution is 2.32. The molecule has 6 nitrogen and oxygen atoms in total. The van der Waals surface area contributed by atoms with Crippen LogP contribution in [0, 0.1) is 0 Å². The number of amides is 1. The van der Waals surface area contributed by atoms with Crippen LogP contribution in [0.3, 0.4) is 0 Å². The van der Waals surface area contributed by atoms with Crippen molar-refractivity contribution in [1.29, 1.82) is 0 Å². The van der Waals surface area contributed by atoms with E-state index < -0.39 is 12.7 Å². The van der Waals surface area contributed by atoms with Gasteiger partial charge in [-0.15, -0.1) is 0 Å². The normalized spacial score (nSPS) is 20.5. The van der Waals surface area contributed by atoms with Gasteiger partial charge in [0.05, 0.1) is 6.54 Å². The fraction of sp³-hybridized carbons (Fsp3) is 0.824. The molecule has 0 radical (unpaired) electrons. The van der Waals surface area contributed by atoms with Gasteiger partial charge in [-0.25, -0.2) is 0 Å². The van der Waals surface area contributed by atoms with Gasteiger partial charge in [-0.3, -0.25) is 9.69 Å². The Labute approximate surface area is 150 Å². The average Bonchev–Trinajstić information content (AvgIpc) is 3.20. The lowest BCUT2D eigenvalue weighted by Gasteiger charge is -2.22. The summed E-state index contributed by atoms with van der Waals surface area (Å²) >= 11 is 0. The second kappa shape index (κ2) is 8.37. The number of hydrogen-bond acceptors (Lipinski definition) is 5. The number of alkyl halides is 3. The summed E-state index contributed by atoms with van der Waals surface area (Å²) in [5, 5.41) is 4.02. The van der Waals surface area contributed by atoms with E-state index in [0.717, 1.165) is 18.7 Å². The van der Waals surface area contributed by atoms with Gasteiger partial charge in [0.1, 0.15) is 0 Å². The zero-order chi connectivity index (χ0) is 18.6. The van der Waals surface area contributed by atoms with Crippen LogP contribution in [0.4, 0.5) is 13.2 Å². The van der Waals surface area contributed by atoms with Crippen molar-refractivity contribution in [3.05, 3.63) is 11.7 Å². The third-order valence-corrected chi connectivity index (χ3v) is 5.10. The monoisotopic (exact) mass is 374 g/mol. The Hall–Kier alpha value is -1.64. The zero-order valence-electron chi connectivity index (χ0n) is 14.8. The molecule has 2 heterocycles.